The van der Waals surface area contributed by atoms with E-state index < -0.39 is 0 Å². The Morgan fingerprint density at radius 2 is 1.56 bits per heavy atom. The van der Waals surface area contributed by atoms with Crippen LogP contribution < -0.4 is 9.64 Å². The van der Waals surface area contributed by atoms with Gasteiger partial charge in [-0.2, -0.15) is 5.26 Å². The number of hydrogen-bond donors (Lipinski definition) is 0. The van der Waals surface area contributed by atoms with Gasteiger partial charge in [0.2, 0.25) is 0 Å². The second-order valence-electron chi connectivity index (χ2n) is 8.81. The average molecular weight is 450 g/mol. The minimum Gasteiger partial charge on any atom is -0.495 e. The first-order valence-electron chi connectivity index (χ1n) is 11.5. The highest BCUT2D eigenvalue weighted by molar-refractivity contribution is 6.00. The number of methoxy groups -OCH3 is 1. The maximum atomic E-state index is 9.11. The van der Waals surface area contributed by atoms with Crippen LogP contribution in [0.5, 0.6) is 5.75 Å². The number of nitrogens with zero attached hydrogens (tertiary/aromatic N) is 3. The number of anilines is 1. The topological polar surface area (TPSA) is 58.4 Å². The first-order valence-corrected chi connectivity index (χ1v) is 11.5. The molecule has 0 bridgehead atoms. The van der Waals surface area contributed by atoms with Crippen LogP contribution in [0, 0.1) is 11.3 Å². The molecule has 0 spiro atoms. The Bertz CT molecular complexity index is 1350. The van der Waals surface area contributed by atoms with Crippen LogP contribution in [-0.4, -0.2) is 37.4 Å². The third-order valence-electron chi connectivity index (χ3n) is 6.34. The molecule has 2 heterocycles. The number of ether oxygens (including phenoxy) is 2. The average Bonchev–Trinajstić information content (AvgIpc) is 2.87. The fourth-order valence-corrected chi connectivity index (χ4v) is 4.82. The van der Waals surface area contributed by atoms with Crippen molar-refractivity contribution in [1.29, 1.82) is 5.26 Å². The molecule has 0 amide bonds. The molecule has 5 heteroatoms. The molecule has 1 fully saturated rings. The first kappa shape index (κ1) is 21.9. The van der Waals surface area contributed by atoms with E-state index in [1.807, 2.05) is 42.6 Å². The zero-order valence-electron chi connectivity index (χ0n) is 19.7. The lowest BCUT2D eigenvalue weighted by Crippen LogP contribution is -2.45. The number of aromatic nitrogens is 1. The summed E-state index contributed by atoms with van der Waals surface area (Å²) in [5.41, 5.74) is 6.77. The van der Waals surface area contributed by atoms with Crippen molar-refractivity contribution in [2.24, 2.45) is 0 Å². The van der Waals surface area contributed by atoms with Gasteiger partial charge >= 0.3 is 0 Å². The maximum absolute atomic E-state index is 9.11. The fraction of sp³-hybridized carbons (Fsp3) is 0.241. The fourth-order valence-electron chi connectivity index (χ4n) is 4.82. The van der Waals surface area contributed by atoms with E-state index in [9.17, 15) is 0 Å². The van der Waals surface area contributed by atoms with E-state index in [1.54, 1.807) is 7.11 Å². The standard InChI is InChI=1S/C29H27N3O2/c1-19-17-32(18-20(2)34-19)24-13-11-23(12-14-24)27-16-31-28-25(5-4-6-26(28)29(27)33-3)22-9-7-21(15-30)8-10-22/h4-14,16,19-20H,17-18H2,1-3H3/t19-,20+. The third kappa shape index (κ3) is 4.09. The molecule has 1 aromatic heterocycles. The predicted molar refractivity (Wildman–Crippen MR) is 136 cm³/mol. The zero-order chi connectivity index (χ0) is 23.7. The van der Waals surface area contributed by atoms with Crippen molar-refractivity contribution < 1.29 is 9.47 Å². The normalized spacial score (nSPS) is 18.0. The summed E-state index contributed by atoms with van der Waals surface area (Å²) in [7, 11) is 1.71. The van der Waals surface area contributed by atoms with Gasteiger partial charge in [-0.15, -0.1) is 0 Å². The van der Waals surface area contributed by atoms with E-state index in [0.717, 1.165) is 52.0 Å². The van der Waals surface area contributed by atoms with E-state index in [4.69, 9.17) is 19.7 Å². The van der Waals surface area contributed by atoms with E-state index in [1.165, 1.54) is 5.69 Å². The molecule has 4 aromatic rings. The molecule has 1 aliphatic rings. The van der Waals surface area contributed by atoms with Gasteiger partial charge in [-0.05, 0) is 55.3 Å². The summed E-state index contributed by atoms with van der Waals surface area (Å²) in [6, 6.07) is 24.5. The van der Waals surface area contributed by atoms with Crippen LogP contribution in [0.3, 0.4) is 0 Å². The molecule has 3 aromatic carbocycles. The minimum atomic E-state index is 0.221. The van der Waals surface area contributed by atoms with Crippen LogP contribution in [0.1, 0.15) is 19.4 Å². The minimum absolute atomic E-state index is 0.221. The number of para-hydroxylation sites is 1. The number of pyridine rings is 1. The summed E-state index contributed by atoms with van der Waals surface area (Å²) >= 11 is 0. The molecule has 34 heavy (non-hydrogen) atoms. The van der Waals surface area contributed by atoms with Gasteiger partial charge in [0.05, 0.1) is 36.5 Å². The molecule has 170 valence electrons. The molecule has 0 radical (unpaired) electrons. The van der Waals surface area contributed by atoms with Crippen LogP contribution in [0.25, 0.3) is 33.2 Å². The lowest BCUT2D eigenvalue weighted by Gasteiger charge is -2.36. The lowest BCUT2D eigenvalue weighted by molar-refractivity contribution is -0.00521. The molecular weight excluding hydrogens is 422 g/mol. The molecule has 5 rings (SSSR count). The van der Waals surface area contributed by atoms with Gasteiger partial charge in [-0.25, -0.2) is 0 Å². The van der Waals surface area contributed by atoms with Crippen LogP contribution >= 0.6 is 0 Å². The zero-order valence-corrected chi connectivity index (χ0v) is 19.7. The third-order valence-corrected chi connectivity index (χ3v) is 6.34. The molecule has 5 nitrogen and oxygen atoms in total. The summed E-state index contributed by atoms with van der Waals surface area (Å²) in [6.07, 6.45) is 2.33. The molecule has 0 aliphatic carbocycles. The van der Waals surface area contributed by atoms with Gasteiger partial charge in [0, 0.05) is 41.5 Å². The largest absolute Gasteiger partial charge is 0.495 e. The second kappa shape index (κ2) is 9.17. The Morgan fingerprint density at radius 1 is 0.912 bits per heavy atom. The lowest BCUT2D eigenvalue weighted by atomic mass is 9.98. The van der Waals surface area contributed by atoms with Crippen LogP contribution in [0.2, 0.25) is 0 Å². The number of rotatable bonds is 4. The van der Waals surface area contributed by atoms with Crippen molar-refractivity contribution in [2.45, 2.75) is 26.1 Å². The van der Waals surface area contributed by atoms with Crippen molar-refractivity contribution in [3.8, 4) is 34.1 Å². The molecule has 0 N–H and O–H groups in total. The number of fused-ring (bicyclic) bond motifs is 1. The van der Waals surface area contributed by atoms with Gasteiger partial charge in [0.1, 0.15) is 5.75 Å². The van der Waals surface area contributed by atoms with E-state index in [-0.39, 0.29) is 12.2 Å². The highest BCUT2D eigenvalue weighted by atomic mass is 16.5. The molecule has 0 saturated carbocycles. The maximum Gasteiger partial charge on any atom is 0.137 e. The quantitative estimate of drug-likeness (QED) is 0.379. The second-order valence-corrected chi connectivity index (χ2v) is 8.81. The Hall–Kier alpha value is -3.88. The molecule has 1 aliphatic heterocycles. The van der Waals surface area contributed by atoms with Gasteiger partial charge in [0.15, 0.2) is 0 Å². The summed E-state index contributed by atoms with van der Waals surface area (Å²) in [5, 5.41) is 10.1. The Labute approximate surface area is 200 Å². The van der Waals surface area contributed by atoms with Gasteiger partial charge < -0.3 is 14.4 Å². The molecule has 0 unspecified atom stereocenters. The van der Waals surface area contributed by atoms with E-state index in [0.29, 0.717) is 5.56 Å². The molecular formula is C29H27N3O2. The Kier molecular flexibility index (Phi) is 5.91. The van der Waals surface area contributed by atoms with Gasteiger partial charge in [-0.1, -0.05) is 36.4 Å². The van der Waals surface area contributed by atoms with Crippen molar-refractivity contribution in [3.05, 3.63) is 78.5 Å². The number of nitriles is 1. The molecule has 1 saturated heterocycles. The SMILES string of the molecule is COc1c(-c2ccc(N3C[C@@H](C)O[C@@H](C)C3)cc2)cnc2c(-c3ccc(C#N)cc3)cccc12. The van der Waals surface area contributed by atoms with Crippen LogP contribution in [0.4, 0.5) is 5.69 Å². The van der Waals surface area contributed by atoms with E-state index in [2.05, 4.69) is 55.1 Å². The predicted octanol–water partition coefficient (Wildman–Crippen LogP) is 6.06. The highest BCUT2D eigenvalue weighted by Crippen LogP contribution is 2.39. The Morgan fingerprint density at radius 3 is 2.21 bits per heavy atom. The van der Waals surface area contributed by atoms with Crippen LogP contribution in [0.15, 0.2) is 72.9 Å². The first-order chi connectivity index (χ1) is 16.6. The summed E-state index contributed by atoms with van der Waals surface area (Å²) in [5.74, 6) is 0.807. The van der Waals surface area contributed by atoms with Crippen molar-refractivity contribution in [2.75, 3.05) is 25.1 Å². The summed E-state index contributed by atoms with van der Waals surface area (Å²) in [6.45, 7) is 6.02. The van der Waals surface area contributed by atoms with Crippen molar-refractivity contribution >= 4 is 16.6 Å². The Balaban J connectivity index is 1.52. The number of hydrogen-bond acceptors (Lipinski definition) is 5. The smallest absolute Gasteiger partial charge is 0.137 e. The van der Waals surface area contributed by atoms with Crippen molar-refractivity contribution in [1.82, 2.24) is 4.98 Å². The molecule has 2 atom stereocenters. The van der Waals surface area contributed by atoms with Crippen LogP contribution in [-0.2, 0) is 4.74 Å². The van der Waals surface area contributed by atoms with Gasteiger partial charge in [-0.3, -0.25) is 4.98 Å². The summed E-state index contributed by atoms with van der Waals surface area (Å²) < 4.78 is 11.8. The highest BCUT2D eigenvalue weighted by Gasteiger charge is 2.22. The van der Waals surface area contributed by atoms with E-state index >= 15 is 0 Å². The number of morpholine rings is 1. The van der Waals surface area contributed by atoms with Crippen molar-refractivity contribution in [3.63, 3.8) is 0 Å². The monoisotopic (exact) mass is 449 g/mol. The number of benzene rings is 3. The summed E-state index contributed by atoms with van der Waals surface area (Å²) in [4.78, 5) is 7.22. The van der Waals surface area contributed by atoms with Gasteiger partial charge in [0.25, 0.3) is 0 Å².